The van der Waals surface area contributed by atoms with Gasteiger partial charge < -0.3 is 0 Å². The summed E-state index contributed by atoms with van der Waals surface area (Å²) < 4.78 is 0. The van der Waals surface area contributed by atoms with Crippen molar-refractivity contribution in [2.45, 2.75) is 6.42 Å². The molecule has 0 aliphatic carbocycles. The zero-order valence-electron chi connectivity index (χ0n) is 6.53. The molecular weight excluding hydrogens is 192 g/mol. The zero-order chi connectivity index (χ0) is 9.84. The lowest BCUT2D eigenvalue weighted by molar-refractivity contribution is -0.384. The number of nitro groups is 1. The maximum absolute atomic E-state index is 10.4. The van der Waals surface area contributed by atoms with E-state index in [0.717, 1.165) is 0 Å². The first-order valence-corrected chi connectivity index (χ1v) is 3.83. The fourth-order valence-electron chi connectivity index (χ4n) is 0.929. The van der Waals surface area contributed by atoms with Crippen molar-refractivity contribution in [3.05, 3.63) is 38.9 Å². The Hall–Kier alpha value is -1.60. The molecule has 0 aliphatic heterocycles. The predicted molar refractivity (Wildman–Crippen MR) is 47.4 cm³/mol. The average molecular weight is 197 g/mol. The standard InChI is InChI=1S/C8H5ClN2O2/c9-8-6(4-5-10)2-1-3-7(8)11(12)13/h1-3H,4H2. The van der Waals surface area contributed by atoms with E-state index in [1.807, 2.05) is 6.07 Å². The Morgan fingerprint density at radius 1 is 1.62 bits per heavy atom. The molecule has 0 spiro atoms. The summed E-state index contributed by atoms with van der Waals surface area (Å²) in [6.07, 6.45) is 0.0838. The molecule has 66 valence electrons. The summed E-state index contributed by atoms with van der Waals surface area (Å²) >= 11 is 5.69. The third kappa shape index (κ3) is 1.95. The largest absolute Gasteiger partial charge is 0.288 e. The summed E-state index contributed by atoms with van der Waals surface area (Å²) in [6, 6.07) is 6.30. The van der Waals surface area contributed by atoms with Crippen LogP contribution in [0.25, 0.3) is 0 Å². The molecule has 5 heteroatoms. The van der Waals surface area contributed by atoms with Crippen LogP contribution in [0.4, 0.5) is 5.69 Å². The van der Waals surface area contributed by atoms with E-state index in [4.69, 9.17) is 16.9 Å². The minimum Gasteiger partial charge on any atom is -0.258 e. The van der Waals surface area contributed by atoms with Gasteiger partial charge in [0.1, 0.15) is 5.02 Å². The fraction of sp³-hybridized carbons (Fsp3) is 0.125. The van der Waals surface area contributed by atoms with Crippen molar-refractivity contribution in [1.29, 1.82) is 5.26 Å². The third-order valence-corrected chi connectivity index (χ3v) is 1.96. The topological polar surface area (TPSA) is 66.9 Å². The summed E-state index contributed by atoms with van der Waals surface area (Å²) in [7, 11) is 0. The van der Waals surface area contributed by atoms with Crippen molar-refractivity contribution in [1.82, 2.24) is 0 Å². The van der Waals surface area contributed by atoms with Gasteiger partial charge in [0, 0.05) is 6.07 Å². The van der Waals surface area contributed by atoms with Crippen molar-refractivity contribution in [3.8, 4) is 6.07 Å². The van der Waals surface area contributed by atoms with Gasteiger partial charge in [-0.25, -0.2) is 0 Å². The molecule has 0 amide bonds. The first-order chi connectivity index (χ1) is 6.16. The Bertz CT molecular complexity index is 384. The number of hydrogen-bond donors (Lipinski definition) is 0. The summed E-state index contributed by atoms with van der Waals surface area (Å²) in [5.74, 6) is 0. The van der Waals surface area contributed by atoms with Crippen LogP contribution in [-0.2, 0) is 6.42 Å². The van der Waals surface area contributed by atoms with E-state index < -0.39 is 4.92 Å². The number of hydrogen-bond acceptors (Lipinski definition) is 3. The molecule has 0 aromatic heterocycles. The van der Waals surface area contributed by atoms with Gasteiger partial charge in [-0.1, -0.05) is 23.7 Å². The smallest absolute Gasteiger partial charge is 0.258 e. The minimum atomic E-state index is -0.566. The number of nitriles is 1. The number of nitro benzene ring substituents is 1. The Labute approximate surface area is 79.5 Å². The summed E-state index contributed by atoms with van der Waals surface area (Å²) in [5, 5.41) is 18.9. The maximum Gasteiger partial charge on any atom is 0.288 e. The Morgan fingerprint density at radius 2 is 2.31 bits per heavy atom. The minimum absolute atomic E-state index is 0.0500. The van der Waals surface area contributed by atoms with Crippen LogP contribution >= 0.6 is 11.6 Å². The van der Waals surface area contributed by atoms with E-state index in [-0.39, 0.29) is 17.1 Å². The summed E-state index contributed by atoms with van der Waals surface area (Å²) in [4.78, 5) is 9.85. The van der Waals surface area contributed by atoms with Gasteiger partial charge >= 0.3 is 0 Å². The van der Waals surface area contributed by atoms with E-state index in [1.54, 1.807) is 6.07 Å². The van der Waals surface area contributed by atoms with E-state index in [2.05, 4.69) is 0 Å². The number of nitrogens with zero attached hydrogens (tertiary/aromatic N) is 2. The van der Waals surface area contributed by atoms with Gasteiger partial charge in [-0.3, -0.25) is 10.1 Å². The van der Waals surface area contributed by atoms with Crippen LogP contribution in [0, 0.1) is 21.4 Å². The van der Waals surface area contributed by atoms with Gasteiger partial charge in [0.25, 0.3) is 5.69 Å². The molecule has 4 nitrogen and oxygen atoms in total. The van der Waals surface area contributed by atoms with Gasteiger partial charge in [0.2, 0.25) is 0 Å². The van der Waals surface area contributed by atoms with Gasteiger partial charge in [0.15, 0.2) is 0 Å². The van der Waals surface area contributed by atoms with Crippen LogP contribution in [0.1, 0.15) is 5.56 Å². The molecule has 0 saturated heterocycles. The lowest BCUT2D eigenvalue weighted by atomic mass is 10.1. The van der Waals surface area contributed by atoms with E-state index in [9.17, 15) is 10.1 Å². The monoisotopic (exact) mass is 196 g/mol. The average Bonchev–Trinajstić information content (AvgIpc) is 2.08. The Balaban J connectivity index is 3.20. The van der Waals surface area contributed by atoms with Crippen molar-refractivity contribution in [2.24, 2.45) is 0 Å². The highest BCUT2D eigenvalue weighted by atomic mass is 35.5. The second-order valence-corrected chi connectivity index (χ2v) is 2.72. The molecule has 13 heavy (non-hydrogen) atoms. The number of benzene rings is 1. The molecule has 0 radical (unpaired) electrons. The molecule has 0 aliphatic rings. The molecule has 0 bridgehead atoms. The summed E-state index contributed by atoms with van der Waals surface area (Å²) in [5.41, 5.74) is 0.327. The van der Waals surface area contributed by atoms with Crippen LogP contribution in [0.5, 0.6) is 0 Å². The molecule has 1 aromatic carbocycles. The molecule has 0 heterocycles. The van der Waals surface area contributed by atoms with Crippen molar-refractivity contribution in [3.63, 3.8) is 0 Å². The Kier molecular flexibility index (Phi) is 2.83. The second kappa shape index (κ2) is 3.87. The van der Waals surface area contributed by atoms with Crippen molar-refractivity contribution < 1.29 is 4.92 Å². The van der Waals surface area contributed by atoms with Crippen LogP contribution in [-0.4, -0.2) is 4.92 Å². The normalized spacial score (nSPS) is 9.23. The quantitative estimate of drug-likeness (QED) is 0.539. The van der Waals surface area contributed by atoms with E-state index in [1.165, 1.54) is 12.1 Å². The molecule has 1 aromatic rings. The van der Waals surface area contributed by atoms with E-state index >= 15 is 0 Å². The first-order valence-electron chi connectivity index (χ1n) is 3.45. The van der Waals surface area contributed by atoms with Crippen molar-refractivity contribution >= 4 is 17.3 Å². The summed E-state index contributed by atoms with van der Waals surface area (Å²) in [6.45, 7) is 0. The lowest BCUT2D eigenvalue weighted by Crippen LogP contribution is -1.92. The zero-order valence-corrected chi connectivity index (χ0v) is 7.28. The molecule has 0 fully saturated rings. The highest BCUT2D eigenvalue weighted by Gasteiger charge is 2.14. The lowest BCUT2D eigenvalue weighted by Gasteiger charge is -1.98. The number of halogens is 1. The molecule has 0 N–H and O–H groups in total. The first kappa shape index (κ1) is 9.49. The highest BCUT2D eigenvalue weighted by molar-refractivity contribution is 6.33. The highest BCUT2D eigenvalue weighted by Crippen LogP contribution is 2.27. The van der Waals surface area contributed by atoms with Gasteiger partial charge in [-0.05, 0) is 5.56 Å². The van der Waals surface area contributed by atoms with Crippen LogP contribution in [0.2, 0.25) is 5.02 Å². The van der Waals surface area contributed by atoms with Crippen molar-refractivity contribution in [2.75, 3.05) is 0 Å². The van der Waals surface area contributed by atoms with E-state index in [0.29, 0.717) is 5.56 Å². The van der Waals surface area contributed by atoms with Gasteiger partial charge in [-0.2, -0.15) is 5.26 Å². The molecule has 0 unspecified atom stereocenters. The van der Waals surface area contributed by atoms with Crippen LogP contribution < -0.4 is 0 Å². The Morgan fingerprint density at radius 3 is 2.85 bits per heavy atom. The molecule has 0 saturated carbocycles. The van der Waals surface area contributed by atoms with Gasteiger partial charge in [0.05, 0.1) is 17.4 Å². The van der Waals surface area contributed by atoms with Crippen LogP contribution in [0.15, 0.2) is 18.2 Å². The third-order valence-electron chi connectivity index (χ3n) is 1.52. The maximum atomic E-state index is 10.4. The molecule has 0 atom stereocenters. The molecular formula is C8H5ClN2O2. The number of rotatable bonds is 2. The van der Waals surface area contributed by atoms with Gasteiger partial charge in [-0.15, -0.1) is 0 Å². The SMILES string of the molecule is N#CCc1cccc([N+](=O)[O-])c1Cl. The van der Waals surface area contributed by atoms with Crippen LogP contribution in [0.3, 0.4) is 0 Å². The predicted octanol–water partition coefficient (Wildman–Crippen LogP) is 2.31. The second-order valence-electron chi connectivity index (χ2n) is 2.34. The fourth-order valence-corrected chi connectivity index (χ4v) is 1.19. The molecule has 1 rings (SSSR count).